The Bertz CT molecular complexity index is 911. The molecule has 28 heavy (non-hydrogen) atoms. The van der Waals surface area contributed by atoms with Crippen LogP contribution in [0.15, 0.2) is 23.2 Å². The number of carbonyl (C=O) groups excluding carboxylic acids is 1. The summed E-state index contributed by atoms with van der Waals surface area (Å²) in [4.78, 5) is 22.5. The van der Waals surface area contributed by atoms with Gasteiger partial charge in [0.1, 0.15) is 0 Å². The van der Waals surface area contributed by atoms with E-state index in [9.17, 15) is 13.2 Å². The molecule has 4 rings (SSSR count). The molecule has 0 aromatic carbocycles. The third-order valence-electron chi connectivity index (χ3n) is 5.47. The van der Waals surface area contributed by atoms with Gasteiger partial charge in [-0.2, -0.15) is 4.98 Å². The summed E-state index contributed by atoms with van der Waals surface area (Å²) in [6.07, 6.45) is 8.29. The molecule has 10 nitrogen and oxygen atoms in total. The average molecular weight is 408 g/mol. The first-order chi connectivity index (χ1) is 13.4. The summed E-state index contributed by atoms with van der Waals surface area (Å²) in [5.41, 5.74) is 0. The topological polar surface area (TPSA) is 114 Å². The zero-order chi connectivity index (χ0) is 19.7. The van der Waals surface area contributed by atoms with Gasteiger partial charge in [-0.25, -0.2) is 17.7 Å². The lowest BCUT2D eigenvalue weighted by Crippen LogP contribution is -2.48. The summed E-state index contributed by atoms with van der Waals surface area (Å²) in [5, 5.41) is 4.10. The van der Waals surface area contributed by atoms with Crippen molar-refractivity contribution >= 4 is 15.9 Å². The fourth-order valence-corrected chi connectivity index (χ4v) is 4.54. The Balaban J connectivity index is 1.25. The van der Waals surface area contributed by atoms with Crippen molar-refractivity contribution in [2.24, 2.45) is 0 Å². The van der Waals surface area contributed by atoms with Crippen molar-refractivity contribution in [2.45, 2.75) is 37.6 Å². The molecule has 0 aliphatic carbocycles. The average Bonchev–Trinajstić information content (AvgIpc) is 3.30. The normalized spacial score (nSPS) is 19.7. The van der Waals surface area contributed by atoms with E-state index in [1.54, 1.807) is 17.4 Å². The van der Waals surface area contributed by atoms with Crippen LogP contribution in [-0.2, 0) is 21.4 Å². The second-order valence-electron chi connectivity index (χ2n) is 7.47. The highest BCUT2D eigenvalue weighted by atomic mass is 32.2. The fourth-order valence-electron chi connectivity index (χ4n) is 3.66. The summed E-state index contributed by atoms with van der Waals surface area (Å²) in [5.74, 6) is 1.52. The zero-order valence-corrected chi connectivity index (χ0v) is 16.6. The van der Waals surface area contributed by atoms with Crippen molar-refractivity contribution in [3.8, 4) is 0 Å². The molecular formula is C17H24N6O4S. The van der Waals surface area contributed by atoms with E-state index >= 15 is 0 Å². The fraction of sp³-hybridized carbons (Fsp3) is 0.647. The molecule has 0 atom stereocenters. The molecule has 0 unspecified atom stereocenters. The van der Waals surface area contributed by atoms with Crippen LogP contribution in [0.5, 0.6) is 0 Å². The summed E-state index contributed by atoms with van der Waals surface area (Å²) in [6, 6.07) is 0. The predicted molar refractivity (Wildman–Crippen MR) is 98.9 cm³/mol. The van der Waals surface area contributed by atoms with E-state index in [1.165, 1.54) is 10.6 Å². The number of hydrogen-bond donors (Lipinski definition) is 0. The van der Waals surface area contributed by atoms with Crippen molar-refractivity contribution in [3.63, 3.8) is 0 Å². The van der Waals surface area contributed by atoms with Crippen molar-refractivity contribution in [1.82, 2.24) is 28.9 Å². The van der Waals surface area contributed by atoms with Crippen molar-refractivity contribution in [3.05, 3.63) is 30.4 Å². The lowest BCUT2D eigenvalue weighted by atomic mass is 9.97. The Morgan fingerprint density at radius 2 is 2.00 bits per heavy atom. The molecule has 0 bridgehead atoms. The van der Waals surface area contributed by atoms with Gasteiger partial charge in [0, 0.05) is 57.5 Å². The summed E-state index contributed by atoms with van der Waals surface area (Å²) >= 11 is 0. The second kappa shape index (κ2) is 7.63. The Labute approximate surface area is 163 Å². The van der Waals surface area contributed by atoms with Gasteiger partial charge >= 0.3 is 0 Å². The van der Waals surface area contributed by atoms with Gasteiger partial charge in [-0.05, 0) is 12.8 Å². The molecule has 2 saturated heterocycles. The number of sulfonamides is 1. The van der Waals surface area contributed by atoms with E-state index in [0.717, 1.165) is 0 Å². The maximum Gasteiger partial charge on any atom is 0.233 e. The monoisotopic (exact) mass is 408 g/mol. The Kier molecular flexibility index (Phi) is 5.19. The molecule has 0 spiro atoms. The van der Waals surface area contributed by atoms with Crippen LogP contribution < -0.4 is 0 Å². The molecule has 0 radical (unpaired) electrons. The number of imidazole rings is 1. The standard InChI is InChI=1S/C17H24N6O4S/c1-28(25,26)23-7-2-13(3-8-23)16-19-17(27-20-16)14-10-22(11-14)15(24)4-6-21-9-5-18-12-21/h5,9,12-14H,2-4,6-8,10-11H2,1H3. The number of likely N-dealkylation sites (tertiary alicyclic amines) is 1. The molecule has 11 heteroatoms. The van der Waals surface area contributed by atoms with Gasteiger partial charge < -0.3 is 14.0 Å². The summed E-state index contributed by atoms with van der Waals surface area (Å²) in [7, 11) is -3.14. The quantitative estimate of drug-likeness (QED) is 0.680. The number of carbonyl (C=O) groups is 1. The first-order valence-electron chi connectivity index (χ1n) is 9.42. The van der Waals surface area contributed by atoms with Crippen LogP contribution in [0.2, 0.25) is 0 Å². The van der Waals surface area contributed by atoms with E-state index in [-0.39, 0.29) is 17.7 Å². The van der Waals surface area contributed by atoms with Crippen LogP contribution in [0.3, 0.4) is 0 Å². The van der Waals surface area contributed by atoms with E-state index in [4.69, 9.17) is 4.52 Å². The number of aromatic nitrogens is 4. The highest BCUT2D eigenvalue weighted by Crippen LogP contribution is 2.31. The van der Waals surface area contributed by atoms with Gasteiger partial charge in [-0.15, -0.1) is 0 Å². The van der Waals surface area contributed by atoms with Gasteiger partial charge in [0.05, 0.1) is 18.5 Å². The number of rotatable bonds is 6. The van der Waals surface area contributed by atoms with Gasteiger partial charge in [-0.1, -0.05) is 5.16 Å². The lowest BCUT2D eigenvalue weighted by Gasteiger charge is -2.37. The minimum absolute atomic E-state index is 0.0783. The molecule has 4 heterocycles. The van der Waals surface area contributed by atoms with Crippen molar-refractivity contribution < 1.29 is 17.7 Å². The molecule has 0 N–H and O–H groups in total. The minimum Gasteiger partial charge on any atom is -0.341 e. The molecule has 0 saturated carbocycles. The summed E-state index contributed by atoms with van der Waals surface area (Å²) in [6.45, 7) is 2.77. The molecule has 2 aliphatic rings. The number of aryl methyl sites for hydroxylation is 1. The Hall–Kier alpha value is -2.27. The largest absolute Gasteiger partial charge is 0.341 e. The highest BCUT2D eigenvalue weighted by molar-refractivity contribution is 7.88. The van der Waals surface area contributed by atoms with Gasteiger partial charge in [0.2, 0.25) is 21.8 Å². The smallest absolute Gasteiger partial charge is 0.233 e. The van der Waals surface area contributed by atoms with Crippen molar-refractivity contribution in [1.29, 1.82) is 0 Å². The van der Waals surface area contributed by atoms with Crippen LogP contribution in [0.1, 0.15) is 42.8 Å². The van der Waals surface area contributed by atoms with E-state index in [1.807, 2.05) is 10.8 Å². The molecule has 2 aromatic heterocycles. The van der Waals surface area contributed by atoms with Crippen LogP contribution >= 0.6 is 0 Å². The molecule has 152 valence electrons. The van der Waals surface area contributed by atoms with Crippen LogP contribution in [0.25, 0.3) is 0 Å². The molecule has 2 aromatic rings. The van der Waals surface area contributed by atoms with Gasteiger partial charge in [0.25, 0.3) is 0 Å². The third kappa shape index (κ3) is 4.09. The van der Waals surface area contributed by atoms with E-state index in [0.29, 0.717) is 63.7 Å². The van der Waals surface area contributed by atoms with Crippen LogP contribution in [0, 0.1) is 0 Å². The molecule has 2 fully saturated rings. The van der Waals surface area contributed by atoms with E-state index < -0.39 is 10.0 Å². The number of piperidine rings is 1. The maximum atomic E-state index is 12.2. The van der Waals surface area contributed by atoms with Crippen LogP contribution in [-0.4, -0.2) is 75.7 Å². The third-order valence-corrected chi connectivity index (χ3v) is 6.78. The van der Waals surface area contributed by atoms with E-state index in [2.05, 4.69) is 15.1 Å². The predicted octanol–water partition coefficient (Wildman–Crippen LogP) is 0.421. The number of amides is 1. The SMILES string of the molecule is CS(=O)(=O)N1CCC(c2noc(C3CN(C(=O)CCn4ccnc4)C3)n2)CC1. The number of nitrogens with zero attached hydrogens (tertiary/aromatic N) is 6. The van der Waals surface area contributed by atoms with Gasteiger partial charge in [0.15, 0.2) is 5.82 Å². The Morgan fingerprint density at radius 3 is 2.64 bits per heavy atom. The number of hydrogen-bond acceptors (Lipinski definition) is 7. The first-order valence-corrected chi connectivity index (χ1v) is 11.3. The minimum atomic E-state index is -3.14. The van der Waals surface area contributed by atoms with Crippen molar-refractivity contribution in [2.75, 3.05) is 32.4 Å². The molecule has 1 amide bonds. The van der Waals surface area contributed by atoms with Crippen LogP contribution in [0.4, 0.5) is 0 Å². The highest BCUT2D eigenvalue weighted by Gasteiger charge is 2.36. The Morgan fingerprint density at radius 1 is 1.25 bits per heavy atom. The summed E-state index contributed by atoms with van der Waals surface area (Å²) < 4.78 is 32.0. The zero-order valence-electron chi connectivity index (χ0n) is 15.8. The van der Waals surface area contributed by atoms with Gasteiger partial charge in [-0.3, -0.25) is 4.79 Å². The maximum absolute atomic E-state index is 12.2. The molecule has 2 aliphatic heterocycles. The second-order valence-corrected chi connectivity index (χ2v) is 9.46. The lowest BCUT2D eigenvalue weighted by molar-refractivity contribution is -0.136. The first kappa shape index (κ1) is 19.1. The molecular weight excluding hydrogens is 384 g/mol.